The van der Waals surface area contributed by atoms with Crippen LogP contribution in [0.5, 0.6) is 0 Å². The van der Waals surface area contributed by atoms with Crippen molar-refractivity contribution in [1.82, 2.24) is 9.97 Å². The average molecular weight is 1030 g/mol. The number of fused-ring (bicyclic) bond motifs is 3. The van der Waals surface area contributed by atoms with Crippen molar-refractivity contribution in [2.75, 3.05) is 0 Å². The van der Waals surface area contributed by atoms with Crippen molar-refractivity contribution in [2.24, 2.45) is 0 Å². The van der Waals surface area contributed by atoms with Crippen LogP contribution in [0.25, 0.3) is 39.1 Å². The summed E-state index contributed by atoms with van der Waals surface area (Å²) in [4.78, 5) is 44.2. The van der Waals surface area contributed by atoms with Gasteiger partial charge in [0, 0.05) is 39.9 Å². The Balaban J connectivity index is 0.000000169. The molecule has 0 aliphatic heterocycles. The first-order valence-corrected chi connectivity index (χ1v) is 21.3. The summed E-state index contributed by atoms with van der Waals surface area (Å²) in [5.41, 5.74) is 7.64. The topological polar surface area (TPSA) is 146 Å². The molecule has 2 heterocycles. The number of carbonyl (C=O) groups is 3. The van der Waals surface area contributed by atoms with Gasteiger partial charge in [-0.15, -0.1) is 0 Å². The molecule has 8 nitrogen and oxygen atoms in total. The molecule has 334 valence electrons. The molecule has 7 aromatic carbocycles. The molecule has 0 bridgehead atoms. The van der Waals surface area contributed by atoms with Crippen LogP contribution in [0.2, 0.25) is 0 Å². The molecule has 0 aliphatic rings. The van der Waals surface area contributed by atoms with Crippen LogP contribution in [0.1, 0.15) is 58.9 Å². The molecule has 9 rings (SSSR count). The molecule has 2 aromatic heterocycles. The first-order chi connectivity index (χ1) is 32.6. The van der Waals surface area contributed by atoms with E-state index < -0.39 is 0 Å². The Morgan fingerprint density at radius 1 is 0.338 bits per heavy atom. The number of benzene rings is 7. The van der Waals surface area contributed by atoms with Crippen molar-refractivity contribution in [3.8, 4) is 0 Å². The fourth-order valence-electron chi connectivity index (χ4n) is 6.58. The van der Waals surface area contributed by atoms with Crippen molar-refractivity contribution in [2.45, 2.75) is 13.8 Å². The van der Waals surface area contributed by atoms with Crippen molar-refractivity contribution in [3.05, 3.63) is 281 Å². The van der Waals surface area contributed by atoms with Gasteiger partial charge in [-0.3, -0.25) is 24.4 Å². The van der Waals surface area contributed by atoms with E-state index in [1.165, 1.54) is 21.9 Å². The van der Waals surface area contributed by atoms with E-state index in [0.29, 0.717) is 33.4 Å². The molecule has 9 aromatic rings. The summed E-state index contributed by atoms with van der Waals surface area (Å²) in [6, 6.07) is 60.9. The Bertz CT molecular complexity index is 2840. The smallest absolute Gasteiger partial charge is 0.872 e. The van der Waals surface area contributed by atoms with Gasteiger partial charge < -0.3 is 15.3 Å². The minimum atomic E-state index is -0.264. The van der Waals surface area contributed by atoms with Crippen LogP contribution < -0.4 is 15.3 Å². The van der Waals surface area contributed by atoms with E-state index in [2.05, 4.69) is 35.9 Å². The van der Waals surface area contributed by atoms with Gasteiger partial charge in [0.1, 0.15) is 0 Å². The van der Waals surface area contributed by atoms with E-state index >= 15 is 0 Å². The van der Waals surface area contributed by atoms with Crippen LogP contribution in [0.4, 0.5) is 0 Å². The number of allylic oxidation sites excluding steroid dienone is 3. The summed E-state index contributed by atoms with van der Waals surface area (Å²) >= 11 is 0. The van der Waals surface area contributed by atoms with Crippen molar-refractivity contribution >= 4 is 56.4 Å². The van der Waals surface area contributed by atoms with E-state index in [4.69, 9.17) is 0 Å². The number of ketones is 3. The van der Waals surface area contributed by atoms with Gasteiger partial charge in [0.15, 0.2) is 17.3 Å². The Hall–Kier alpha value is -7.43. The summed E-state index contributed by atoms with van der Waals surface area (Å²) in [6.45, 7) is 4.21. The molecule has 0 N–H and O–H groups in total. The van der Waals surface area contributed by atoms with Gasteiger partial charge in [-0.1, -0.05) is 211 Å². The molecule has 0 amide bonds. The van der Waals surface area contributed by atoms with Crippen LogP contribution in [0.15, 0.2) is 237 Å². The van der Waals surface area contributed by atoms with Crippen LogP contribution >= 0.6 is 0 Å². The second-order valence-corrected chi connectivity index (χ2v) is 14.9. The van der Waals surface area contributed by atoms with Crippen molar-refractivity contribution in [1.29, 1.82) is 0 Å². The monoisotopic (exact) mass is 1030 g/mol. The Morgan fingerprint density at radius 3 is 0.794 bits per heavy atom. The minimum Gasteiger partial charge on any atom is -0.872 e. The maximum Gasteiger partial charge on any atom is 3.00 e. The summed E-state index contributed by atoms with van der Waals surface area (Å²) in [6.07, 6.45) is 7.09. The third-order valence-electron chi connectivity index (χ3n) is 10.2. The summed E-state index contributed by atoms with van der Waals surface area (Å²) in [5.74, 6) is -1.59. The van der Waals surface area contributed by atoms with E-state index in [1.54, 1.807) is 146 Å². The minimum absolute atomic E-state index is 0. The number of aryl methyl sites for hydroxylation is 2. The number of rotatable bonds is 9. The zero-order valence-corrected chi connectivity index (χ0v) is 39.7. The molecule has 9 heteroatoms. The number of aromatic nitrogens is 2. The molecule has 0 radical (unpaired) electrons. The van der Waals surface area contributed by atoms with Crippen LogP contribution in [-0.2, 0) is 0 Å². The quantitative estimate of drug-likeness (QED) is 0.0601. The number of nitrogens with zero attached hydrogens (tertiary/aromatic N) is 2. The van der Waals surface area contributed by atoms with Gasteiger partial charge in [-0.25, -0.2) is 0 Å². The van der Waals surface area contributed by atoms with Gasteiger partial charge in [-0.2, -0.15) is 0 Å². The van der Waals surface area contributed by atoms with Crippen molar-refractivity contribution < 1.29 is 79.1 Å². The predicted molar refractivity (Wildman–Crippen MR) is 262 cm³/mol. The van der Waals surface area contributed by atoms with Gasteiger partial charge in [0.2, 0.25) is 0 Å². The number of carbonyl (C=O) groups excluding carboxylic acids is 3. The third kappa shape index (κ3) is 15.1. The van der Waals surface area contributed by atoms with E-state index in [-0.39, 0.29) is 84.0 Å². The SMILES string of the molecule is Cc1ccnc2c1ccc1c(C)ccnc12.O=C(/C=C(\[O-])c1ccccc1)c1ccccc1.O=C(/C=C(\[O-])c1ccccc1)c1ccccc1.O=C(/C=C(\[O-])c1ccccc1)c1ccccc1.[Eu+3]. The predicted octanol–water partition coefficient (Wildman–Crippen LogP) is 10.2. The zero-order valence-electron chi connectivity index (χ0n) is 37.2. The zero-order chi connectivity index (χ0) is 47.4. The van der Waals surface area contributed by atoms with Crippen LogP contribution in [-0.4, -0.2) is 27.3 Å². The first kappa shape index (κ1) is 51.6. The van der Waals surface area contributed by atoms with E-state index in [0.717, 1.165) is 29.3 Å². The number of pyridine rings is 2. The second kappa shape index (κ2) is 26.7. The Labute approximate surface area is 436 Å². The van der Waals surface area contributed by atoms with Gasteiger partial charge in [-0.05, 0) is 72.0 Å². The molecule has 0 spiro atoms. The average Bonchev–Trinajstić information content (AvgIpc) is 3.38. The maximum atomic E-state index is 11.8. The molecule has 0 atom stereocenters. The molecule has 0 fully saturated rings. The third-order valence-corrected chi connectivity index (χ3v) is 10.2. The van der Waals surface area contributed by atoms with Gasteiger partial charge in [0.05, 0.1) is 11.0 Å². The fraction of sp³-hybridized carbons (Fsp3) is 0.0339. The molecule has 0 saturated heterocycles. The molecular weight excluding hydrogens is 985 g/mol. The molecule has 0 aliphatic carbocycles. The molecule has 68 heavy (non-hydrogen) atoms. The Kier molecular flexibility index (Phi) is 20.2. The second-order valence-electron chi connectivity index (χ2n) is 14.9. The number of hydrogen-bond acceptors (Lipinski definition) is 8. The Morgan fingerprint density at radius 2 is 0.559 bits per heavy atom. The van der Waals surface area contributed by atoms with E-state index in [1.807, 2.05) is 60.9 Å². The normalized spacial score (nSPS) is 11.0. The summed E-state index contributed by atoms with van der Waals surface area (Å²) in [7, 11) is 0. The van der Waals surface area contributed by atoms with Gasteiger partial charge in [0.25, 0.3) is 0 Å². The number of hydrogen-bond donors (Lipinski definition) is 0. The molecule has 0 saturated carbocycles. The standard InChI is InChI=1S/3C15H12O2.C14H12N2.Eu/c3*16-14(12-7-3-1-4-8-12)11-15(17)13-9-5-2-6-10-13;1-9-5-7-15-13-11(9)3-4-12-10(2)6-8-16-14(12)13;/h3*1-11,16H;3-8H,1-2H3;/q;;;;+3/p-3/b3*14-11-;;. The largest absolute Gasteiger partial charge is 3.00 e. The van der Waals surface area contributed by atoms with Crippen molar-refractivity contribution in [3.63, 3.8) is 0 Å². The molecule has 0 unspecified atom stereocenters. The first-order valence-electron chi connectivity index (χ1n) is 21.3. The van der Waals surface area contributed by atoms with Gasteiger partial charge >= 0.3 is 49.4 Å². The fourth-order valence-corrected chi connectivity index (χ4v) is 6.58. The molecular formula is C59H45EuN2O6. The van der Waals surface area contributed by atoms with Crippen LogP contribution in [0, 0.1) is 63.2 Å². The van der Waals surface area contributed by atoms with E-state index in [9.17, 15) is 29.7 Å². The summed E-state index contributed by atoms with van der Waals surface area (Å²) < 4.78 is 0. The maximum absolute atomic E-state index is 11.8. The van der Waals surface area contributed by atoms with Crippen LogP contribution in [0.3, 0.4) is 0 Å². The summed E-state index contributed by atoms with van der Waals surface area (Å²) in [5, 5.41) is 37.6.